The number of carboxylic acids is 1. The van der Waals surface area contributed by atoms with Crippen LogP contribution in [0.15, 0.2) is 27.6 Å². The molecule has 1 rings (SSSR count). The molecule has 0 unspecified atom stereocenters. The van der Waals surface area contributed by atoms with Gasteiger partial charge >= 0.3 is 5.97 Å². The number of aliphatic carboxylic acids is 1. The molecule has 0 heterocycles. The van der Waals surface area contributed by atoms with Gasteiger partial charge in [-0.1, -0.05) is 36.7 Å². The van der Waals surface area contributed by atoms with E-state index >= 15 is 0 Å². The second-order valence-corrected chi connectivity index (χ2v) is 8.24. The fraction of sp³-hybridized carbons (Fsp3) is 0.462. The summed E-state index contributed by atoms with van der Waals surface area (Å²) >= 11 is 3.29. The average molecular weight is 364 g/mol. The van der Waals surface area contributed by atoms with E-state index in [2.05, 4.69) is 20.7 Å². The van der Waals surface area contributed by atoms with Crippen molar-refractivity contribution < 1.29 is 18.3 Å². The number of halogens is 1. The summed E-state index contributed by atoms with van der Waals surface area (Å²) in [4.78, 5) is 11.3. The van der Waals surface area contributed by atoms with Crippen molar-refractivity contribution in [3.63, 3.8) is 0 Å². The first-order valence-electron chi connectivity index (χ1n) is 5.96. The van der Waals surface area contributed by atoms with Crippen molar-refractivity contribution in [3.8, 4) is 0 Å². The van der Waals surface area contributed by atoms with Gasteiger partial charge in [-0.25, -0.2) is 8.42 Å². The lowest BCUT2D eigenvalue weighted by Crippen LogP contribution is -2.48. The Morgan fingerprint density at radius 1 is 1.35 bits per heavy atom. The van der Waals surface area contributed by atoms with Crippen LogP contribution in [-0.4, -0.2) is 25.5 Å². The lowest BCUT2D eigenvalue weighted by atomic mass is 9.88. The lowest BCUT2D eigenvalue weighted by molar-refractivity contribution is -0.141. The highest BCUT2D eigenvalue weighted by molar-refractivity contribution is 9.10. The van der Waals surface area contributed by atoms with Gasteiger partial charge in [-0.3, -0.25) is 4.79 Å². The standard InChI is InChI=1S/C13H18BrNO4S/c1-8-7-9(5-6-10(8)14)20(18,19)15-11(12(16)17)13(2,3)4/h5-7,11,15H,1-4H3,(H,16,17)/t11-/m0/s1. The third-order valence-corrected chi connectivity index (χ3v) is 5.14. The molecule has 7 heteroatoms. The first-order valence-corrected chi connectivity index (χ1v) is 8.24. The molecule has 0 bridgehead atoms. The molecule has 2 N–H and O–H groups in total. The smallest absolute Gasteiger partial charge is 0.322 e. The quantitative estimate of drug-likeness (QED) is 0.860. The predicted molar refractivity (Wildman–Crippen MR) is 80.1 cm³/mol. The van der Waals surface area contributed by atoms with Crippen molar-refractivity contribution >= 4 is 31.9 Å². The maximum Gasteiger partial charge on any atom is 0.322 e. The number of hydrogen-bond acceptors (Lipinski definition) is 3. The molecule has 5 nitrogen and oxygen atoms in total. The van der Waals surface area contributed by atoms with Gasteiger partial charge in [0.1, 0.15) is 6.04 Å². The van der Waals surface area contributed by atoms with Crippen molar-refractivity contribution in [2.75, 3.05) is 0 Å². The Morgan fingerprint density at radius 2 is 1.90 bits per heavy atom. The van der Waals surface area contributed by atoms with Crippen LogP contribution in [0.25, 0.3) is 0 Å². The molecular weight excluding hydrogens is 346 g/mol. The molecule has 0 fully saturated rings. The van der Waals surface area contributed by atoms with Crippen LogP contribution in [0.5, 0.6) is 0 Å². The maximum atomic E-state index is 12.3. The SMILES string of the molecule is Cc1cc(S(=O)(=O)N[C@@H](C(=O)O)C(C)(C)C)ccc1Br. The van der Waals surface area contributed by atoms with E-state index in [1.807, 2.05) is 0 Å². The van der Waals surface area contributed by atoms with Crippen LogP contribution >= 0.6 is 15.9 Å². The number of hydrogen-bond donors (Lipinski definition) is 2. The summed E-state index contributed by atoms with van der Waals surface area (Å²) in [5.41, 5.74) is 0.0269. The molecule has 0 aromatic heterocycles. The van der Waals surface area contributed by atoms with Crippen LogP contribution in [0.3, 0.4) is 0 Å². The second-order valence-electron chi connectivity index (χ2n) is 5.67. The summed E-state index contributed by atoms with van der Waals surface area (Å²) in [5, 5.41) is 9.18. The molecule has 20 heavy (non-hydrogen) atoms. The molecular formula is C13H18BrNO4S. The Bertz CT molecular complexity index is 620. The highest BCUT2D eigenvalue weighted by Crippen LogP contribution is 2.24. The van der Waals surface area contributed by atoms with Gasteiger partial charge in [0.05, 0.1) is 4.90 Å². The van der Waals surface area contributed by atoms with Crippen LogP contribution in [0.4, 0.5) is 0 Å². The third kappa shape index (κ3) is 4.04. The molecule has 1 aromatic carbocycles. The summed E-state index contributed by atoms with van der Waals surface area (Å²) in [5.74, 6) is -1.20. The molecule has 0 aliphatic carbocycles. The molecule has 0 saturated carbocycles. The van der Waals surface area contributed by atoms with Crippen molar-refractivity contribution in [1.29, 1.82) is 0 Å². The highest BCUT2D eigenvalue weighted by Gasteiger charge is 2.35. The van der Waals surface area contributed by atoms with Crippen LogP contribution in [-0.2, 0) is 14.8 Å². The van der Waals surface area contributed by atoms with Crippen LogP contribution in [0, 0.1) is 12.3 Å². The van der Waals surface area contributed by atoms with E-state index in [1.165, 1.54) is 12.1 Å². The number of benzene rings is 1. The molecule has 0 spiro atoms. The molecule has 0 saturated heterocycles. The molecule has 0 aliphatic heterocycles. The zero-order chi connectivity index (χ0) is 15.7. The maximum absolute atomic E-state index is 12.3. The number of nitrogens with one attached hydrogen (secondary N) is 1. The first-order chi connectivity index (χ1) is 8.95. The second kappa shape index (κ2) is 5.83. The molecule has 1 atom stereocenters. The Labute approximate surface area is 127 Å². The zero-order valence-corrected chi connectivity index (χ0v) is 14.2. The van der Waals surface area contributed by atoms with Crippen molar-refractivity contribution in [1.82, 2.24) is 4.72 Å². The van der Waals surface area contributed by atoms with E-state index in [0.717, 1.165) is 10.0 Å². The predicted octanol–water partition coefficient (Wildman–Crippen LogP) is 2.54. The van der Waals surface area contributed by atoms with E-state index in [9.17, 15) is 18.3 Å². The normalized spacial score (nSPS) is 14.1. The molecule has 0 amide bonds. The molecule has 112 valence electrons. The van der Waals surface area contributed by atoms with Gasteiger partial charge in [0.15, 0.2) is 0 Å². The van der Waals surface area contributed by atoms with Gasteiger partial charge in [0.25, 0.3) is 0 Å². The highest BCUT2D eigenvalue weighted by atomic mass is 79.9. The van der Waals surface area contributed by atoms with Crippen LogP contribution in [0.1, 0.15) is 26.3 Å². The van der Waals surface area contributed by atoms with Crippen LogP contribution in [0.2, 0.25) is 0 Å². The summed E-state index contributed by atoms with van der Waals surface area (Å²) in [6.07, 6.45) is 0. The average Bonchev–Trinajstić information content (AvgIpc) is 2.27. The Kier molecular flexibility index (Phi) is 4.99. The number of rotatable bonds is 4. The topological polar surface area (TPSA) is 83.5 Å². The fourth-order valence-corrected chi connectivity index (χ4v) is 3.33. The van der Waals surface area contributed by atoms with Gasteiger partial charge in [-0.15, -0.1) is 0 Å². The van der Waals surface area contributed by atoms with Gasteiger partial charge in [-0.05, 0) is 36.1 Å². The minimum atomic E-state index is -3.88. The van der Waals surface area contributed by atoms with E-state index < -0.39 is 27.4 Å². The minimum Gasteiger partial charge on any atom is -0.480 e. The van der Waals surface area contributed by atoms with Gasteiger partial charge in [0.2, 0.25) is 10.0 Å². The number of carbonyl (C=O) groups is 1. The third-order valence-electron chi connectivity index (χ3n) is 2.83. The monoisotopic (exact) mass is 363 g/mol. The van der Waals surface area contributed by atoms with E-state index in [-0.39, 0.29) is 4.90 Å². The van der Waals surface area contributed by atoms with Crippen molar-refractivity contribution in [2.24, 2.45) is 5.41 Å². The first kappa shape index (κ1) is 17.1. The summed E-state index contributed by atoms with van der Waals surface area (Å²) in [6.45, 7) is 6.77. The Morgan fingerprint density at radius 3 is 2.30 bits per heavy atom. The number of aryl methyl sites for hydroxylation is 1. The van der Waals surface area contributed by atoms with Gasteiger partial charge in [0, 0.05) is 4.47 Å². The number of sulfonamides is 1. The zero-order valence-electron chi connectivity index (χ0n) is 11.8. The summed E-state index contributed by atoms with van der Waals surface area (Å²) in [7, 11) is -3.88. The van der Waals surface area contributed by atoms with E-state index in [1.54, 1.807) is 33.8 Å². The summed E-state index contributed by atoms with van der Waals surface area (Å²) < 4.78 is 27.6. The van der Waals surface area contributed by atoms with E-state index in [0.29, 0.717) is 0 Å². The summed E-state index contributed by atoms with van der Waals surface area (Å²) in [6, 6.07) is 3.35. The Hall–Kier alpha value is -0.920. The molecule has 1 aromatic rings. The van der Waals surface area contributed by atoms with Crippen molar-refractivity contribution in [2.45, 2.75) is 38.6 Å². The largest absolute Gasteiger partial charge is 0.480 e. The molecule has 0 aliphatic rings. The van der Waals surface area contributed by atoms with E-state index in [4.69, 9.17) is 0 Å². The van der Waals surface area contributed by atoms with Gasteiger partial charge in [-0.2, -0.15) is 4.72 Å². The molecule has 0 radical (unpaired) electrons. The lowest BCUT2D eigenvalue weighted by Gasteiger charge is -2.27. The fourth-order valence-electron chi connectivity index (χ4n) is 1.61. The minimum absolute atomic E-state index is 0.0497. The van der Waals surface area contributed by atoms with Gasteiger partial charge < -0.3 is 5.11 Å². The Balaban J connectivity index is 3.16. The van der Waals surface area contributed by atoms with Crippen molar-refractivity contribution in [3.05, 3.63) is 28.2 Å². The van der Waals surface area contributed by atoms with Crippen LogP contribution < -0.4 is 4.72 Å². The number of carboxylic acid groups (broad SMARTS) is 1.